The van der Waals surface area contributed by atoms with Crippen molar-refractivity contribution in [3.63, 3.8) is 0 Å². The number of imide groups is 1. The van der Waals surface area contributed by atoms with Crippen LogP contribution in [0.1, 0.15) is 23.1 Å². The number of nitrogens with one attached hydrogen (secondary N) is 2. The van der Waals surface area contributed by atoms with E-state index in [4.69, 9.17) is 0 Å². The van der Waals surface area contributed by atoms with Crippen molar-refractivity contribution in [3.05, 3.63) is 88.9 Å². The number of anilines is 1. The summed E-state index contributed by atoms with van der Waals surface area (Å²) in [4.78, 5) is 39.4. The van der Waals surface area contributed by atoms with Gasteiger partial charge in [0.1, 0.15) is 17.1 Å². The Morgan fingerprint density at radius 2 is 1.74 bits per heavy atom. The molecule has 2 N–H and O–H groups in total. The first kappa shape index (κ1) is 21.7. The molecular weight excluding hydrogens is 450 g/mol. The van der Waals surface area contributed by atoms with Crippen LogP contribution >= 0.6 is 11.3 Å². The summed E-state index contributed by atoms with van der Waals surface area (Å²) in [5, 5.41) is 16.6. The molecule has 170 valence electrons. The molecule has 8 nitrogen and oxygen atoms in total. The van der Waals surface area contributed by atoms with Gasteiger partial charge in [0.15, 0.2) is 0 Å². The quantitative estimate of drug-likeness (QED) is 0.418. The number of hydrogen-bond donors (Lipinski definition) is 2. The minimum absolute atomic E-state index is 0.320. The van der Waals surface area contributed by atoms with E-state index in [1.54, 1.807) is 6.92 Å². The van der Waals surface area contributed by atoms with E-state index in [1.165, 1.54) is 11.3 Å². The van der Waals surface area contributed by atoms with Gasteiger partial charge in [-0.2, -0.15) is 0 Å². The molecule has 1 aliphatic rings. The average molecular weight is 472 g/mol. The first-order chi connectivity index (χ1) is 16.4. The van der Waals surface area contributed by atoms with Crippen LogP contribution in [-0.4, -0.2) is 39.5 Å². The minimum atomic E-state index is -1.26. The van der Waals surface area contributed by atoms with E-state index in [2.05, 4.69) is 20.8 Å². The second-order valence-electron chi connectivity index (χ2n) is 8.22. The Kier molecular flexibility index (Phi) is 5.54. The smallest absolute Gasteiger partial charge is 0.319 e. The highest BCUT2D eigenvalue weighted by Crippen LogP contribution is 2.31. The predicted molar refractivity (Wildman–Crippen MR) is 129 cm³/mol. The van der Waals surface area contributed by atoms with Gasteiger partial charge in [0.25, 0.3) is 5.91 Å². The third-order valence-electron chi connectivity index (χ3n) is 5.81. The van der Waals surface area contributed by atoms with Crippen molar-refractivity contribution < 1.29 is 14.4 Å². The highest BCUT2D eigenvalue weighted by Gasteiger charge is 2.49. The van der Waals surface area contributed by atoms with Crippen molar-refractivity contribution in [3.8, 4) is 0 Å². The lowest BCUT2D eigenvalue weighted by Crippen LogP contribution is -2.42. The third-order valence-corrected chi connectivity index (χ3v) is 6.65. The number of amides is 4. The number of carbonyl (C=O) groups excluding carboxylic acids is 3. The van der Waals surface area contributed by atoms with Gasteiger partial charge in [0, 0.05) is 6.42 Å². The van der Waals surface area contributed by atoms with Gasteiger partial charge in [-0.25, -0.2) is 4.79 Å². The number of rotatable bonds is 6. The van der Waals surface area contributed by atoms with Crippen LogP contribution in [0.15, 0.2) is 72.8 Å². The molecule has 1 saturated heterocycles. The van der Waals surface area contributed by atoms with Gasteiger partial charge in [-0.1, -0.05) is 78.1 Å². The van der Waals surface area contributed by atoms with Crippen LogP contribution < -0.4 is 10.6 Å². The molecule has 0 bridgehead atoms. The summed E-state index contributed by atoms with van der Waals surface area (Å²) in [6.45, 7) is 1.23. The Morgan fingerprint density at radius 3 is 2.53 bits per heavy atom. The largest absolute Gasteiger partial charge is 0.325 e. The molecule has 1 fully saturated rings. The van der Waals surface area contributed by atoms with E-state index in [-0.39, 0.29) is 0 Å². The molecule has 0 radical (unpaired) electrons. The number of benzene rings is 3. The predicted octanol–water partition coefficient (Wildman–Crippen LogP) is 3.69. The topological polar surface area (TPSA) is 104 Å². The van der Waals surface area contributed by atoms with Crippen LogP contribution in [0.3, 0.4) is 0 Å². The second-order valence-corrected chi connectivity index (χ2v) is 9.28. The molecule has 0 saturated carbocycles. The summed E-state index contributed by atoms with van der Waals surface area (Å²) < 4.78 is 0. The minimum Gasteiger partial charge on any atom is -0.319 e. The van der Waals surface area contributed by atoms with E-state index in [9.17, 15) is 14.4 Å². The monoisotopic (exact) mass is 471 g/mol. The molecule has 1 aromatic heterocycles. The van der Waals surface area contributed by atoms with Gasteiger partial charge >= 0.3 is 6.03 Å². The molecule has 0 aliphatic carbocycles. The Bertz CT molecular complexity index is 1400. The zero-order valence-electron chi connectivity index (χ0n) is 18.3. The number of urea groups is 1. The van der Waals surface area contributed by atoms with Crippen molar-refractivity contribution in [1.82, 2.24) is 20.4 Å². The molecule has 1 aliphatic heterocycles. The fourth-order valence-corrected chi connectivity index (χ4v) is 4.78. The Labute approximate surface area is 199 Å². The van der Waals surface area contributed by atoms with Gasteiger partial charge in [-0.15, -0.1) is 10.2 Å². The summed E-state index contributed by atoms with van der Waals surface area (Å²) in [5.74, 6) is -1.00. The first-order valence-corrected chi connectivity index (χ1v) is 11.5. The van der Waals surface area contributed by atoms with Crippen LogP contribution in [0.2, 0.25) is 0 Å². The van der Waals surface area contributed by atoms with Gasteiger partial charge in [0.05, 0.1) is 0 Å². The maximum Gasteiger partial charge on any atom is 0.325 e. The van der Waals surface area contributed by atoms with Crippen molar-refractivity contribution in [1.29, 1.82) is 0 Å². The normalized spacial score (nSPS) is 17.7. The number of hydrogen-bond acceptors (Lipinski definition) is 6. The molecule has 1 atom stereocenters. The van der Waals surface area contributed by atoms with E-state index in [0.717, 1.165) is 26.2 Å². The Morgan fingerprint density at radius 1 is 1.00 bits per heavy atom. The Balaban J connectivity index is 1.27. The Hall–Kier alpha value is -4.11. The molecule has 9 heteroatoms. The van der Waals surface area contributed by atoms with Crippen LogP contribution in [0.25, 0.3) is 10.8 Å². The summed E-state index contributed by atoms with van der Waals surface area (Å²) in [6.07, 6.45) is 0.603. The molecule has 34 heavy (non-hydrogen) atoms. The fraction of sp³-hybridized carbons (Fsp3) is 0.160. The molecule has 3 aromatic carbocycles. The van der Waals surface area contributed by atoms with Crippen molar-refractivity contribution in [2.75, 3.05) is 11.9 Å². The van der Waals surface area contributed by atoms with E-state index in [0.29, 0.717) is 17.1 Å². The molecule has 1 unspecified atom stereocenters. The average Bonchev–Trinajstić information content (AvgIpc) is 3.36. The fourth-order valence-electron chi connectivity index (χ4n) is 3.98. The number of nitrogens with zero attached hydrogens (tertiary/aromatic N) is 3. The zero-order chi connectivity index (χ0) is 23.7. The molecule has 5 rings (SSSR count). The van der Waals surface area contributed by atoms with Crippen LogP contribution in [0.4, 0.5) is 9.93 Å². The summed E-state index contributed by atoms with van der Waals surface area (Å²) in [6, 6.07) is 22.6. The van der Waals surface area contributed by atoms with Gasteiger partial charge in [0.2, 0.25) is 11.0 Å². The summed E-state index contributed by atoms with van der Waals surface area (Å²) in [7, 11) is 0. The lowest BCUT2D eigenvalue weighted by molar-refractivity contribution is -0.133. The molecule has 4 amide bonds. The first-order valence-electron chi connectivity index (χ1n) is 10.7. The van der Waals surface area contributed by atoms with E-state index in [1.807, 2.05) is 72.8 Å². The second kappa shape index (κ2) is 8.68. The third kappa shape index (κ3) is 4.13. The standard InChI is InChI=1S/C25H21N5O3S/c1-25(19-12-11-17-9-5-6-10-18(17)14-19)22(32)30(24(33)27-25)15-20(31)26-23-29-28-21(34-23)13-16-7-3-2-4-8-16/h2-12,14H,13,15H2,1H3,(H,27,33)(H,26,29,31). The maximum absolute atomic E-state index is 13.2. The van der Waals surface area contributed by atoms with Crippen molar-refractivity contribution in [2.24, 2.45) is 0 Å². The summed E-state index contributed by atoms with van der Waals surface area (Å²) >= 11 is 1.26. The zero-order valence-corrected chi connectivity index (χ0v) is 19.1. The molecular formula is C25H21N5O3S. The lowest BCUT2D eigenvalue weighted by atomic mass is 9.90. The number of aromatic nitrogens is 2. The number of carbonyl (C=O) groups is 3. The SMILES string of the molecule is CC1(c2ccc3ccccc3c2)NC(=O)N(CC(=O)Nc2nnc(Cc3ccccc3)s2)C1=O. The molecule has 0 spiro atoms. The highest BCUT2D eigenvalue weighted by molar-refractivity contribution is 7.15. The highest BCUT2D eigenvalue weighted by atomic mass is 32.1. The lowest BCUT2D eigenvalue weighted by Gasteiger charge is -2.22. The van der Waals surface area contributed by atoms with Crippen LogP contribution in [-0.2, 0) is 21.5 Å². The van der Waals surface area contributed by atoms with Crippen molar-refractivity contribution in [2.45, 2.75) is 18.9 Å². The maximum atomic E-state index is 13.2. The van der Waals surface area contributed by atoms with E-state index < -0.39 is 29.9 Å². The molecule has 2 heterocycles. The van der Waals surface area contributed by atoms with Crippen LogP contribution in [0, 0.1) is 0 Å². The van der Waals surface area contributed by atoms with Gasteiger partial charge < -0.3 is 5.32 Å². The summed E-state index contributed by atoms with van der Waals surface area (Å²) in [5.41, 5.74) is 0.485. The molecule has 4 aromatic rings. The van der Waals surface area contributed by atoms with Gasteiger partial charge in [-0.05, 0) is 34.9 Å². The van der Waals surface area contributed by atoms with Crippen LogP contribution in [0.5, 0.6) is 0 Å². The number of fused-ring (bicyclic) bond motifs is 1. The van der Waals surface area contributed by atoms with Crippen molar-refractivity contribution >= 4 is 45.1 Å². The van der Waals surface area contributed by atoms with Gasteiger partial charge in [-0.3, -0.25) is 19.8 Å². The van der Waals surface area contributed by atoms with E-state index >= 15 is 0 Å².